The van der Waals surface area contributed by atoms with E-state index >= 15 is 0 Å². The third-order valence-corrected chi connectivity index (χ3v) is 4.39. The van der Waals surface area contributed by atoms with Gasteiger partial charge in [0.05, 0.1) is 14.2 Å². The van der Waals surface area contributed by atoms with Crippen LogP contribution in [0.1, 0.15) is 36.0 Å². The maximum absolute atomic E-state index is 10.7. The van der Waals surface area contributed by atoms with Gasteiger partial charge in [0.25, 0.3) is 0 Å². The molecule has 18 heavy (non-hydrogen) atoms. The molecule has 0 fully saturated rings. The molecule has 100 valence electrons. The van der Waals surface area contributed by atoms with Gasteiger partial charge < -0.3 is 14.3 Å². The number of rotatable bonds is 5. The van der Waals surface area contributed by atoms with Crippen LogP contribution in [0.3, 0.4) is 0 Å². The highest BCUT2D eigenvalue weighted by Crippen LogP contribution is 2.45. The van der Waals surface area contributed by atoms with Crippen LogP contribution in [-0.4, -0.2) is 20.5 Å². The first-order valence-electron chi connectivity index (χ1n) is 5.83. The van der Waals surface area contributed by atoms with Gasteiger partial charge in [0.15, 0.2) is 11.5 Å². The van der Waals surface area contributed by atoms with Crippen LogP contribution in [0.25, 0.3) is 0 Å². The summed E-state index contributed by atoms with van der Waals surface area (Å²) in [5, 5.41) is 0. The highest BCUT2D eigenvalue weighted by Gasteiger charge is 2.23. The molecule has 1 rings (SSSR count). The molecule has 1 unspecified atom stereocenters. The molecular weight excluding hydrogens is 296 g/mol. The summed E-state index contributed by atoms with van der Waals surface area (Å²) >= 11 is 3.58. The SMILES string of the molecule is COc1c(C)c(Br)c(C)c(C(C)CC=O)c1OC. The molecule has 0 saturated carbocycles. The van der Waals surface area contributed by atoms with Gasteiger partial charge >= 0.3 is 0 Å². The molecule has 1 atom stereocenters. The molecule has 0 saturated heterocycles. The Morgan fingerprint density at radius 1 is 1.17 bits per heavy atom. The standard InChI is InChI=1S/C14H19BrO3/c1-8(6-7-16)11-9(2)12(15)10(3)13(17-4)14(11)18-5/h7-8H,6H2,1-5H3. The van der Waals surface area contributed by atoms with Gasteiger partial charge in [-0.2, -0.15) is 0 Å². The summed E-state index contributed by atoms with van der Waals surface area (Å²) in [6.45, 7) is 6.02. The van der Waals surface area contributed by atoms with Crippen molar-refractivity contribution in [1.82, 2.24) is 0 Å². The summed E-state index contributed by atoms with van der Waals surface area (Å²) < 4.78 is 11.9. The third kappa shape index (κ3) is 2.53. The van der Waals surface area contributed by atoms with Crippen LogP contribution in [0.4, 0.5) is 0 Å². The molecule has 0 aliphatic carbocycles. The topological polar surface area (TPSA) is 35.5 Å². The molecule has 0 radical (unpaired) electrons. The van der Waals surface area contributed by atoms with E-state index < -0.39 is 0 Å². The fourth-order valence-corrected chi connectivity index (χ4v) is 2.66. The van der Waals surface area contributed by atoms with E-state index in [9.17, 15) is 4.79 Å². The van der Waals surface area contributed by atoms with E-state index in [2.05, 4.69) is 15.9 Å². The number of carbonyl (C=O) groups excluding carboxylic acids is 1. The number of benzene rings is 1. The predicted molar refractivity (Wildman–Crippen MR) is 75.8 cm³/mol. The summed E-state index contributed by atoms with van der Waals surface area (Å²) in [7, 11) is 3.25. The zero-order valence-electron chi connectivity index (χ0n) is 11.5. The van der Waals surface area contributed by atoms with E-state index in [0.717, 1.165) is 38.9 Å². The van der Waals surface area contributed by atoms with E-state index in [0.29, 0.717) is 6.42 Å². The Balaban J connectivity index is 3.57. The summed E-state index contributed by atoms with van der Waals surface area (Å²) in [5.41, 5.74) is 3.13. The number of ether oxygens (including phenoxy) is 2. The largest absolute Gasteiger partial charge is 0.493 e. The minimum Gasteiger partial charge on any atom is -0.493 e. The van der Waals surface area contributed by atoms with Crippen LogP contribution >= 0.6 is 15.9 Å². The van der Waals surface area contributed by atoms with Crippen LogP contribution < -0.4 is 9.47 Å². The minimum absolute atomic E-state index is 0.100. The van der Waals surface area contributed by atoms with Crippen LogP contribution in [0.5, 0.6) is 11.5 Å². The van der Waals surface area contributed by atoms with Gasteiger partial charge in [0.2, 0.25) is 0 Å². The van der Waals surface area contributed by atoms with Crippen LogP contribution in [-0.2, 0) is 4.79 Å². The van der Waals surface area contributed by atoms with E-state index in [1.54, 1.807) is 14.2 Å². The van der Waals surface area contributed by atoms with Crippen molar-refractivity contribution in [1.29, 1.82) is 0 Å². The molecule has 0 spiro atoms. The molecule has 0 N–H and O–H groups in total. The van der Waals surface area contributed by atoms with Crippen molar-refractivity contribution in [2.24, 2.45) is 0 Å². The average molecular weight is 315 g/mol. The van der Waals surface area contributed by atoms with Gasteiger partial charge in [-0.05, 0) is 25.3 Å². The van der Waals surface area contributed by atoms with Gasteiger partial charge in [-0.15, -0.1) is 0 Å². The second kappa shape index (κ2) is 6.23. The van der Waals surface area contributed by atoms with Crippen molar-refractivity contribution >= 4 is 22.2 Å². The highest BCUT2D eigenvalue weighted by molar-refractivity contribution is 9.10. The first-order valence-corrected chi connectivity index (χ1v) is 6.62. The Labute approximate surface area is 117 Å². The van der Waals surface area contributed by atoms with Crippen molar-refractivity contribution in [3.05, 3.63) is 21.2 Å². The van der Waals surface area contributed by atoms with E-state index in [4.69, 9.17) is 9.47 Å². The Bertz CT molecular complexity index is 455. The molecule has 4 heteroatoms. The third-order valence-electron chi connectivity index (χ3n) is 3.20. The van der Waals surface area contributed by atoms with Crippen LogP contribution in [0, 0.1) is 13.8 Å². The first-order chi connectivity index (χ1) is 8.49. The highest BCUT2D eigenvalue weighted by atomic mass is 79.9. The van der Waals surface area contributed by atoms with Crippen molar-refractivity contribution in [2.45, 2.75) is 33.1 Å². The molecule has 0 heterocycles. The monoisotopic (exact) mass is 314 g/mol. The van der Waals surface area contributed by atoms with Gasteiger partial charge in [-0.1, -0.05) is 22.9 Å². The average Bonchev–Trinajstić information content (AvgIpc) is 2.35. The van der Waals surface area contributed by atoms with E-state index in [-0.39, 0.29) is 5.92 Å². The van der Waals surface area contributed by atoms with E-state index in [1.807, 2.05) is 20.8 Å². The number of hydrogen-bond acceptors (Lipinski definition) is 3. The van der Waals surface area contributed by atoms with Gasteiger partial charge in [0.1, 0.15) is 6.29 Å². The lowest BCUT2D eigenvalue weighted by atomic mass is 9.91. The smallest absolute Gasteiger partial charge is 0.165 e. The normalized spacial score (nSPS) is 12.1. The fourth-order valence-electron chi connectivity index (χ4n) is 2.27. The Morgan fingerprint density at radius 2 is 1.72 bits per heavy atom. The summed E-state index contributed by atoms with van der Waals surface area (Å²) in [6.07, 6.45) is 1.40. The van der Waals surface area contributed by atoms with Gasteiger partial charge in [0, 0.05) is 22.0 Å². The molecule has 1 aromatic rings. The molecule has 0 bridgehead atoms. The van der Waals surface area contributed by atoms with Crippen molar-refractivity contribution < 1.29 is 14.3 Å². The molecule has 0 aliphatic heterocycles. The van der Waals surface area contributed by atoms with Crippen molar-refractivity contribution in [3.63, 3.8) is 0 Å². The number of methoxy groups -OCH3 is 2. The lowest BCUT2D eigenvalue weighted by Gasteiger charge is -2.22. The molecule has 3 nitrogen and oxygen atoms in total. The summed E-state index contributed by atoms with van der Waals surface area (Å²) in [4.78, 5) is 10.7. The van der Waals surface area contributed by atoms with E-state index in [1.165, 1.54) is 0 Å². The Morgan fingerprint density at radius 3 is 2.17 bits per heavy atom. The quantitative estimate of drug-likeness (QED) is 0.776. The minimum atomic E-state index is 0.100. The molecule has 0 aliphatic rings. The number of carbonyl (C=O) groups is 1. The van der Waals surface area contributed by atoms with Crippen molar-refractivity contribution in [2.75, 3.05) is 14.2 Å². The summed E-state index contributed by atoms with van der Waals surface area (Å²) in [6, 6.07) is 0. The second-order valence-electron chi connectivity index (χ2n) is 4.35. The van der Waals surface area contributed by atoms with Crippen molar-refractivity contribution in [3.8, 4) is 11.5 Å². The molecule has 1 aromatic carbocycles. The fraction of sp³-hybridized carbons (Fsp3) is 0.500. The maximum Gasteiger partial charge on any atom is 0.165 e. The molecular formula is C14H19BrO3. The molecule has 0 aromatic heterocycles. The Hall–Kier alpha value is -1.03. The number of aldehydes is 1. The Kier molecular flexibility index (Phi) is 5.20. The van der Waals surface area contributed by atoms with Crippen LogP contribution in [0.2, 0.25) is 0 Å². The van der Waals surface area contributed by atoms with Crippen LogP contribution in [0.15, 0.2) is 4.47 Å². The molecule has 0 amide bonds. The first kappa shape index (κ1) is 15.0. The summed E-state index contributed by atoms with van der Waals surface area (Å²) in [5.74, 6) is 1.55. The zero-order valence-corrected chi connectivity index (χ0v) is 13.1. The number of halogens is 1. The predicted octanol–water partition coefficient (Wildman–Crippen LogP) is 3.78. The second-order valence-corrected chi connectivity index (χ2v) is 5.14. The number of hydrogen-bond donors (Lipinski definition) is 0. The lowest BCUT2D eigenvalue weighted by molar-refractivity contribution is -0.108. The lowest BCUT2D eigenvalue weighted by Crippen LogP contribution is -2.06. The zero-order chi connectivity index (χ0) is 13.9. The van der Waals surface area contributed by atoms with Gasteiger partial charge in [-0.3, -0.25) is 0 Å². The van der Waals surface area contributed by atoms with Gasteiger partial charge in [-0.25, -0.2) is 0 Å². The maximum atomic E-state index is 10.7.